The molecule has 5 nitrogen and oxygen atoms in total. The van der Waals surface area contributed by atoms with Gasteiger partial charge in [0.1, 0.15) is 6.29 Å². The molecule has 52 valence electrons. The van der Waals surface area contributed by atoms with Crippen LogP contribution in [0, 0.1) is 0 Å². The number of carbonyl (C=O) groups is 2. The van der Waals surface area contributed by atoms with Crippen molar-refractivity contribution in [3.8, 4) is 0 Å². The molecule has 10 heavy (non-hydrogen) atoms. The number of aldehydes is 1. The molecular formula is C5H4N2O3. The Morgan fingerprint density at radius 2 is 2.50 bits per heavy atom. The molecule has 1 N–H and O–H groups in total. The molecule has 1 atom stereocenters. The Labute approximate surface area is 56.1 Å². The number of hydrogen-bond acceptors (Lipinski definition) is 4. The van der Waals surface area contributed by atoms with Gasteiger partial charge in [0.05, 0.1) is 6.20 Å². The van der Waals surface area contributed by atoms with Gasteiger partial charge in [-0.1, -0.05) is 0 Å². The predicted octanol–water partition coefficient (Wildman–Crippen LogP) is -0.0118. The van der Waals surface area contributed by atoms with Crippen LogP contribution in [0.4, 0.5) is 0 Å². The van der Waals surface area contributed by atoms with E-state index in [9.17, 15) is 9.59 Å². The lowest BCUT2D eigenvalue weighted by molar-refractivity contribution is -0.137. The highest BCUT2D eigenvalue weighted by Gasteiger charge is 2.24. The molecule has 1 aliphatic heterocycles. The van der Waals surface area contributed by atoms with Gasteiger partial charge in [0.25, 0.3) is 0 Å². The molecule has 0 aromatic rings. The van der Waals surface area contributed by atoms with Gasteiger partial charge in [-0.2, -0.15) is 10.2 Å². The lowest BCUT2D eigenvalue weighted by Crippen LogP contribution is -2.18. The monoisotopic (exact) mass is 140 g/mol. The van der Waals surface area contributed by atoms with Gasteiger partial charge < -0.3 is 5.11 Å². The molecule has 0 spiro atoms. The third-order valence-corrected chi connectivity index (χ3v) is 1.07. The zero-order valence-corrected chi connectivity index (χ0v) is 4.89. The van der Waals surface area contributed by atoms with Crippen molar-refractivity contribution in [1.29, 1.82) is 0 Å². The quantitative estimate of drug-likeness (QED) is 0.547. The van der Waals surface area contributed by atoms with Crippen LogP contribution in [0.2, 0.25) is 0 Å². The number of rotatable bonds is 2. The van der Waals surface area contributed by atoms with Crippen molar-refractivity contribution < 1.29 is 14.7 Å². The fourth-order valence-corrected chi connectivity index (χ4v) is 0.591. The maximum absolute atomic E-state index is 10.2. The Hall–Kier alpha value is -1.52. The van der Waals surface area contributed by atoms with Gasteiger partial charge in [0, 0.05) is 5.57 Å². The average molecular weight is 140 g/mol. The fourth-order valence-electron chi connectivity index (χ4n) is 0.591. The van der Waals surface area contributed by atoms with Crippen LogP contribution in [0.1, 0.15) is 0 Å². The summed E-state index contributed by atoms with van der Waals surface area (Å²) in [5.74, 6) is -1.15. The van der Waals surface area contributed by atoms with Gasteiger partial charge in [-0.3, -0.25) is 4.79 Å². The normalized spacial score (nSPS) is 22.4. The number of azo groups is 1. The molecule has 0 unspecified atom stereocenters. The maximum Gasteiger partial charge on any atom is 0.335 e. The van der Waals surface area contributed by atoms with Gasteiger partial charge in [-0.05, 0) is 0 Å². The maximum atomic E-state index is 10.2. The Balaban J connectivity index is 2.80. The molecule has 1 rings (SSSR count). The third-order valence-electron chi connectivity index (χ3n) is 1.07. The second-order valence-corrected chi connectivity index (χ2v) is 1.72. The highest BCUT2D eigenvalue weighted by molar-refractivity contribution is 5.89. The number of hydrogen-bond donors (Lipinski definition) is 1. The van der Waals surface area contributed by atoms with Crippen LogP contribution in [0.15, 0.2) is 22.0 Å². The van der Waals surface area contributed by atoms with Crippen molar-refractivity contribution >= 4 is 12.3 Å². The molecule has 0 saturated heterocycles. The summed E-state index contributed by atoms with van der Waals surface area (Å²) in [7, 11) is 0. The van der Waals surface area contributed by atoms with E-state index >= 15 is 0 Å². The van der Waals surface area contributed by atoms with Gasteiger partial charge in [-0.25, -0.2) is 4.79 Å². The lowest BCUT2D eigenvalue weighted by atomic mass is 10.1. The predicted molar refractivity (Wildman–Crippen MR) is 30.4 cm³/mol. The van der Waals surface area contributed by atoms with Gasteiger partial charge >= 0.3 is 5.97 Å². The lowest BCUT2D eigenvalue weighted by Gasteiger charge is -1.96. The molecular weight excluding hydrogens is 136 g/mol. The van der Waals surface area contributed by atoms with Crippen LogP contribution in [-0.4, -0.2) is 23.4 Å². The van der Waals surface area contributed by atoms with E-state index in [1.165, 1.54) is 0 Å². The molecule has 5 heteroatoms. The van der Waals surface area contributed by atoms with E-state index in [4.69, 9.17) is 5.11 Å². The van der Waals surface area contributed by atoms with Crippen LogP contribution in [-0.2, 0) is 9.59 Å². The summed E-state index contributed by atoms with van der Waals surface area (Å²) in [5.41, 5.74) is 0.0903. The summed E-state index contributed by atoms with van der Waals surface area (Å²) in [6.45, 7) is 0. The summed E-state index contributed by atoms with van der Waals surface area (Å²) < 4.78 is 0. The minimum atomic E-state index is -1.15. The first-order chi connectivity index (χ1) is 4.75. The van der Waals surface area contributed by atoms with E-state index < -0.39 is 12.0 Å². The summed E-state index contributed by atoms with van der Waals surface area (Å²) in [4.78, 5) is 20.3. The molecule has 1 heterocycles. The second-order valence-electron chi connectivity index (χ2n) is 1.72. The Morgan fingerprint density at radius 3 is 2.90 bits per heavy atom. The molecule has 0 aromatic carbocycles. The van der Waals surface area contributed by atoms with Crippen LogP contribution in [0.5, 0.6) is 0 Å². The molecule has 1 aliphatic rings. The van der Waals surface area contributed by atoms with Crippen molar-refractivity contribution in [2.24, 2.45) is 10.2 Å². The number of carboxylic acid groups (broad SMARTS) is 1. The topological polar surface area (TPSA) is 79.1 Å². The van der Waals surface area contributed by atoms with Gasteiger partial charge in [-0.15, -0.1) is 0 Å². The smallest absolute Gasteiger partial charge is 0.335 e. The first-order valence-electron chi connectivity index (χ1n) is 2.53. The van der Waals surface area contributed by atoms with Crippen LogP contribution < -0.4 is 0 Å². The van der Waals surface area contributed by atoms with Crippen molar-refractivity contribution in [2.45, 2.75) is 6.04 Å². The molecule has 0 bridgehead atoms. The largest absolute Gasteiger partial charge is 0.479 e. The zero-order chi connectivity index (χ0) is 7.56. The Bertz CT molecular complexity index is 231. The zero-order valence-electron chi connectivity index (χ0n) is 4.89. The minimum absolute atomic E-state index is 0.0903. The van der Waals surface area contributed by atoms with Crippen LogP contribution in [0.25, 0.3) is 0 Å². The minimum Gasteiger partial charge on any atom is -0.479 e. The third kappa shape index (κ3) is 0.928. The van der Waals surface area contributed by atoms with Crippen LogP contribution >= 0.6 is 0 Å². The molecule has 0 saturated carbocycles. The molecule has 0 radical (unpaired) electrons. The highest BCUT2D eigenvalue weighted by Crippen LogP contribution is 2.11. The van der Waals surface area contributed by atoms with E-state index in [-0.39, 0.29) is 5.57 Å². The van der Waals surface area contributed by atoms with Crippen molar-refractivity contribution in [3.05, 3.63) is 11.8 Å². The number of carbonyl (C=O) groups excluding carboxylic acids is 1. The molecule has 0 fully saturated rings. The van der Waals surface area contributed by atoms with E-state index in [1.54, 1.807) is 0 Å². The number of aliphatic carboxylic acids is 1. The summed E-state index contributed by atoms with van der Waals surface area (Å²) in [6, 6.07) is -1.09. The van der Waals surface area contributed by atoms with Gasteiger partial charge in [0.2, 0.25) is 0 Å². The van der Waals surface area contributed by atoms with Crippen molar-refractivity contribution in [1.82, 2.24) is 0 Å². The van der Waals surface area contributed by atoms with Crippen LogP contribution in [0.3, 0.4) is 0 Å². The highest BCUT2D eigenvalue weighted by atomic mass is 16.4. The van der Waals surface area contributed by atoms with E-state index in [0.29, 0.717) is 6.29 Å². The van der Waals surface area contributed by atoms with Gasteiger partial charge in [0.15, 0.2) is 6.04 Å². The standard InChI is InChI=1S/C5H4N2O3/c8-2-3-1-6-7-4(3)5(9)10/h1-2,4H,(H,9,10)/t4-/m0/s1. The Morgan fingerprint density at radius 1 is 1.80 bits per heavy atom. The summed E-state index contributed by atoms with van der Waals surface area (Å²) >= 11 is 0. The average Bonchev–Trinajstić information content (AvgIpc) is 2.33. The SMILES string of the molecule is O=CC1=CN=N[C@@H]1C(=O)O. The Kier molecular flexibility index (Phi) is 1.57. The first-order valence-corrected chi connectivity index (χ1v) is 2.53. The van der Waals surface area contributed by atoms with E-state index in [0.717, 1.165) is 6.20 Å². The summed E-state index contributed by atoms with van der Waals surface area (Å²) in [5, 5.41) is 14.9. The first kappa shape index (κ1) is 6.60. The molecule has 0 amide bonds. The fraction of sp³-hybridized carbons (Fsp3) is 0.200. The number of nitrogens with zero attached hydrogens (tertiary/aromatic N) is 2. The van der Waals surface area contributed by atoms with E-state index in [1.807, 2.05) is 0 Å². The van der Waals surface area contributed by atoms with E-state index in [2.05, 4.69) is 10.2 Å². The second kappa shape index (κ2) is 2.38. The number of carboxylic acids is 1. The summed E-state index contributed by atoms with van der Waals surface area (Å²) in [6.07, 6.45) is 1.59. The molecule has 0 aromatic heterocycles. The van der Waals surface area contributed by atoms with Crippen molar-refractivity contribution in [3.63, 3.8) is 0 Å². The van der Waals surface area contributed by atoms with Crippen molar-refractivity contribution in [2.75, 3.05) is 0 Å². The molecule has 0 aliphatic carbocycles.